The second-order valence-electron chi connectivity index (χ2n) is 30.9. The molecule has 23 heteroatoms. The van der Waals surface area contributed by atoms with Crippen molar-refractivity contribution in [3.63, 3.8) is 0 Å². The fourth-order valence-electron chi connectivity index (χ4n) is 12.1. The summed E-state index contributed by atoms with van der Waals surface area (Å²) in [5.41, 5.74) is 5.24. The SMILES string of the molecule is CC(C)(C)c1ccc(Oc2c(Cl)c(Cl)c3c(c2Cl)C2=NC3=NC3=c4c(Cl)c(Cl)c(Cl)c(Cl)c4=C(C3)N=C3N=C(N=c4[nH]c(c5c(Cl)c(Cl)c(Oc6ccc(C(C)(C)C)cc6C(C)(C)C)c(Cl)c45)=N2)c2c(Cl)c(Oc4ccc(C(C)(C)C)cc4C(C)(C)C)c(Cl)c(Cl)c23)c(C(C)(C)C)c1. The molecule has 1 aromatic heterocycles. The average Bonchev–Trinajstić information content (AvgIpc) is 1.55. The van der Waals surface area contributed by atoms with E-state index in [2.05, 4.69) is 148 Å². The Kier molecular flexibility index (Phi) is 18.9. The van der Waals surface area contributed by atoms with Gasteiger partial charge in [-0.05, 0) is 67.4 Å². The van der Waals surface area contributed by atoms with Crippen molar-refractivity contribution in [2.75, 3.05) is 0 Å². The molecule has 12 rings (SSSR count). The van der Waals surface area contributed by atoms with Crippen LogP contribution in [0.4, 0.5) is 0 Å². The lowest BCUT2D eigenvalue weighted by Crippen LogP contribution is -2.27. The zero-order valence-corrected chi connectivity index (χ0v) is 66.6. The van der Waals surface area contributed by atoms with Crippen LogP contribution in [0.1, 0.15) is 187 Å². The van der Waals surface area contributed by atoms with Gasteiger partial charge >= 0.3 is 0 Å². The van der Waals surface area contributed by atoms with E-state index in [-0.39, 0.29) is 194 Å². The molecule has 4 aliphatic rings. The molecule has 7 aromatic carbocycles. The monoisotopic (exact) mass is 1570 g/mol. The second-order valence-corrected chi connectivity index (χ2v) is 35.8. The maximum atomic E-state index is 7.83. The molecule has 0 amide bonds. The van der Waals surface area contributed by atoms with E-state index in [0.717, 1.165) is 33.4 Å². The summed E-state index contributed by atoms with van der Waals surface area (Å²) in [4.78, 5) is 34.9. The van der Waals surface area contributed by atoms with E-state index in [1.165, 1.54) is 0 Å². The van der Waals surface area contributed by atoms with Gasteiger partial charge in [0.25, 0.3) is 0 Å². The summed E-state index contributed by atoms with van der Waals surface area (Å²) in [7, 11) is 0. The Hall–Kier alpha value is -4.73. The van der Waals surface area contributed by atoms with E-state index in [1.54, 1.807) is 0 Å². The Balaban J connectivity index is 1.21. The van der Waals surface area contributed by atoms with Crippen LogP contribution in [0, 0.1) is 0 Å². The zero-order valence-electron chi connectivity index (χ0n) is 56.7. The number of ether oxygens (including phenoxy) is 3. The lowest BCUT2D eigenvalue weighted by Gasteiger charge is -2.27. The van der Waals surface area contributed by atoms with Gasteiger partial charge in [-0.3, -0.25) is 0 Å². The number of fused-ring (bicyclic) bond motifs is 16. The highest BCUT2D eigenvalue weighted by molar-refractivity contribution is 6.54. The minimum absolute atomic E-state index is 0.00353. The number of benzene rings is 7. The summed E-state index contributed by atoms with van der Waals surface area (Å²) in [5.74, 6) is 1.32. The molecular weight excluding hydrogens is 1510 g/mol. The first kappa shape index (κ1) is 73.0. The summed E-state index contributed by atoms with van der Waals surface area (Å²) in [6.45, 7) is 38.1. The predicted molar refractivity (Wildman–Crippen MR) is 414 cm³/mol. The average molecular weight is 1570 g/mol. The molecular formula is C75H66Cl13N7O3. The summed E-state index contributed by atoms with van der Waals surface area (Å²) >= 11 is 97.0. The van der Waals surface area contributed by atoms with Crippen molar-refractivity contribution in [3.8, 4) is 34.5 Å². The Labute approximate surface area is 634 Å². The quantitative estimate of drug-likeness (QED) is 0.132. The number of amidine groups is 4. The van der Waals surface area contributed by atoms with E-state index in [9.17, 15) is 0 Å². The van der Waals surface area contributed by atoms with Crippen LogP contribution in [0.25, 0.3) is 22.2 Å². The Morgan fingerprint density at radius 2 is 0.582 bits per heavy atom. The molecule has 8 bridgehead atoms. The van der Waals surface area contributed by atoms with Crippen LogP contribution in [-0.2, 0) is 32.5 Å². The molecule has 0 saturated carbocycles. The lowest BCUT2D eigenvalue weighted by molar-refractivity contribution is 0.453. The number of H-pyrrole nitrogens is 1. The van der Waals surface area contributed by atoms with Crippen LogP contribution >= 0.6 is 151 Å². The zero-order chi connectivity index (χ0) is 71.8. The number of nitrogens with zero attached hydrogens (tertiary/aromatic N) is 6. The van der Waals surface area contributed by atoms with Gasteiger partial charge in [0.2, 0.25) is 0 Å². The molecule has 98 heavy (non-hydrogen) atoms. The molecule has 10 nitrogen and oxygen atoms in total. The number of halogens is 13. The third-order valence-corrected chi connectivity index (χ3v) is 23.0. The highest BCUT2D eigenvalue weighted by Crippen LogP contribution is 2.54. The van der Waals surface area contributed by atoms with Gasteiger partial charge in [-0.2, -0.15) is 0 Å². The normalized spacial score (nSPS) is 14.8. The molecule has 0 radical (unpaired) electrons. The van der Waals surface area contributed by atoms with Gasteiger partial charge in [0.05, 0.1) is 94.6 Å². The van der Waals surface area contributed by atoms with Crippen LogP contribution in [0.3, 0.4) is 0 Å². The maximum Gasteiger partial charge on any atom is 0.166 e. The largest absolute Gasteiger partial charge is 0.454 e. The Morgan fingerprint density at radius 1 is 0.296 bits per heavy atom. The fourth-order valence-corrected chi connectivity index (χ4v) is 15.8. The van der Waals surface area contributed by atoms with Crippen molar-refractivity contribution in [1.82, 2.24) is 4.98 Å². The smallest absolute Gasteiger partial charge is 0.166 e. The Bertz CT molecular complexity index is 5310. The molecule has 1 N–H and O–H groups in total. The van der Waals surface area contributed by atoms with Crippen LogP contribution in [0.15, 0.2) is 84.6 Å². The summed E-state index contributed by atoms with van der Waals surface area (Å²) < 4.78 is 20.7. The summed E-state index contributed by atoms with van der Waals surface area (Å²) in [5, 5.41) is 0.434. The minimum Gasteiger partial charge on any atom is -0.454 e. The number of rotatable bonds is 6. The number of aromatic amines is 1. The third-order valence-electron chi connectivity index (χ3n) is 17.6. The third kappa shape index (κ3) is 12.7. The minimum atomic E-state index is -0.435. The number of hydrogen-bond acceptors (Lipinski definition) is 9. The van der Waals surface area contributed by atoms with E-state index < -0.39 is 16.2 Å². The predicted octanol–water partition coefficient (Wildman–Crippen LogP) is 24.8. The van der Waals surface area contributed by atoms with Crippen LogP contribution < -0.4 is 35.6 Å². The molecule has 8 aromatic rings. The highest BCUT2D eigenvalue weighted by Gasteiger charge is 2.39. The van der Waals surface area contributed by atoms with E-state index in [0.29, 0.717) is 17.2 Å². The van der Waals surface area contributed by atoms with Crippen molar-refractivity contribution >= 4 is 196 Å². The second kappa shape index (κ2) is 25.3. The Morgan fingerprint density at radius 3 is 0.898 bits per heavy atom. The molecule has 0 unspecified atom stereocenters. The van der Waals surface area contributed by atoms with Crippen molar-refractivity contribution in [1.29, 1.82) is 0 Å². The van der Waals surface area contributed by atoms with Crippen LogP contribution in [0.2, 0.25) is 65.3 Å². The molecule has 4 heterocycles. The molecule has 0 saturated heterocycles. The lowest BCUT2D eigenvalue weighted by atomic mass is 9.80. The van der Waals surface area contributed by atoms with Gasteiger partial charge in [0.1, 0.15) is 43.3 Å². The first-order valence-electron chi connectivity index (χ1n) is 31.3. The molecule has 0 spiro atoms. The van der Waals surface area contributed by atoms with Crippen molar-refractivity contribution in [2.24, 2.45) is 30.0 Å². The summed E-state index contributed by atoms with van der Waals surface area (Å²) in [6.07, 6.45) is -0.0992. The number of nitrogens with one attached hydrogen (secondary N) is 1. The van der Waals surface area contributed by atoms with Crippen molar-refractivity contribution in [3.05, 3.63) is 197 Å². The molecule has 510 valence electrons. The summed E-state index contributed by atoms with van der Waals surface area (Å²) in [6, 6.07) is 18.1. The molecule has 0 fully saturated rings. The van der Waals surface area contributed by atoms with E-state index in [4.69, 9.17) is 195 Å². The fraction of sp³-hybridized carbons (Fsp3) is 0.333. The first-order valence-corrected chi connectivity index (χ1v) is 36.2. The number of hydrogen-bond donors (Lipinski definition) is 1. The van der Waals surface area contributed by atoms with Gasteiger partial charge in [-0.1, -0.05) is 312 Å². The highest BCUT2D eigenvalue weighted by atomic mass is 35.5. The van der Waals surface area contributed by atoms with Gasteiger partial charge in [-0.25, -0.2) is 30.0 Å². The molecule has 3 aliphatic heterocycles. The first-order chi connectivity index (χ1) is 45.3. The number of aromatic nitrogens is 1. The van der Waals surface area contributed by atoms with Crippen molar-refractivity contribution in [2.45, 2.75) is 164 Å². The van der Waals surface area contributed by atoms with Gasteiger partial charge < -0.3 is 19.2 Å². The van der Waals surface area contributed by atoms with E-state index in [1.807, 2.05) is 36.4 Å². The van der Waals surface area contributed by atoms with Crippen LogP contribution in [0.5, 0.6) is 34.5 Å². The van der Waals surface area contributed by atoms with Gasteiger partial charge in [-0.15, -0.1) is 0 Å². The topological polar surface area (TPSA) is 118 Å². The van der Waals surface area contributed by atoms with Crippen LogP contribution in [-0.4, -0.2) is 28.3 Å². The molecule has 0 atom stereocenters. The number of aliphatic imine (C=N–C) groups is 4. The van der Waals surface area contributed by atoms with Gasteiger partial charge in [0, 0.05) is 33.5 Å². The maximum absolute atomic E-state index is 7.83. The van der Waals surface area contributed by atoms with Crippen molar-refractivity contribution < 1.29 is 14.2 Å². The standard InChI is InChI=1S/C75H66Cl13N7O3/c1-70(2,3)29-19-22-37(32(25-29)73(10,11)12)96-61-53(81)45-42(50(78)58(61)86)64-89-35-28-36(41-40(35)48(76)56(84)57(85)49(41)77)90-65-43-46(54(82)62(59(87)51(43)79)97-38-23-20-30(71(4,5)6)26-33(38)74(13,14)15)68(92-65)95-69-47-44(66(94-69)93-67(45)91-64)52(80)60(88)63(55(47)83)98-39-24-21-31(72(7,8)9)27-34(39)75(16,17)18/h19-27H,28H2,1-18H3,(H,89,90,91,92,93,94,95). The molecule has 1 aliphatic carbocycles. The van der Waals surface area contributed by atoms with E-state index >= 15 is 0 Å². The van der Waals surface area contributed by atoms with Gasteiger partial charge in [0.15, 0.2) is 40.6 Å².